The Labute approximate surface area is 166 Å². The van der Waals surface area contributed by atoms with Crippen LogP contribution in [0.3, 0.4) is 0 Å². The molecular weight excluding hydrogens is 352 g/mol. The van der Waals surface area contributed by atoms with Crippen molar-refractivity contribution in [3.63, 3.8) is 0 Å². The second kappa shape index (κ2) is 7.26. The Morgan fingerprint density at radius 1 is 1.04 bits per heavy atom. The van der Waals surface area contributed by atoms with E-state index >= 15 is 0 Å². The Morgan fingerprint density at radius 2 is 1.93 bits per heavy atom. The van der Waals surface area contributed by atoms with Crippen LogP contribution >= 0.6 is 11.6 Å². The van der Waals surface area contributed by atoms with E-state index in [-0.39, 0.29) is 0 Å². The first-order chi connectivity index (χ1) is 13.3. The van der Waals surface area contributed by atoms with Crippen LogP contribution in [0.1, 0.15) is 30.4 Å². The molecule has 0 spiro atoms. The smallest absolute Gasteiger partial charge is 0.0406 e. The molecule has 3 heteroatoms. The summed E-state index contributed by atoms with van der Waals surface area (Å²) < 4.78 is 0. The third-order valence-electron chi connectivity index (χ3n) is 6.56. The van der Waals surface area contributed by atoms with Crippen molar-refractivity contribution in [3.05, 3.63) is 77.1 Å². The standard InChI is InChI=1S/C24H25ClN2/c25-22-7-4-17(5-8-22)15-27-16-18-6-9-24(27)21(12-18)13-19-2-1-3-20-14-26-11-10-23(19)20/h1-5,7-8,10-11,14,18,21,24H,6,9,12-13,15-16H2. The zero-order chi connectivity index (χ0) is 18.2. The summed E-state index contributed by atoms with van der Waals surface area (Å²) in [6.07, 6.45) is 9.21. The van der Waals surface area contributed by atoms with E-state index in [1.54, 1.807) is 0 Å². The van der Waals surface area contributed by atoms with Gasteiger partial charge in [0.05, 0.1) is 0 Å². The molecule has 0 amide bonds. The molecule has 3 aromatic rings. The summed E-state index contributed by atoms with van der Waals surface area (Å²) in [6, 6.07) is 17.9. The Hall–Kier alpha value is -1.90. The van der Waals surface area contributed by atoms with Crippen LogP contribution in [0.25, 0.3) is 10.8 Å². The number of hydrogen-bond donors (Lipinski definition) is 0. The van der Waals surface area contributed by atoms with Crippen molar-refractivity contribution >= 4 is 22.4 Å². The molecule has 27 heavy (non-hydrogen) atoms. The van der Waals surface area contributed by atoms with Gasteiger partial charge in [-0.3, -0.25) is 9.88 Å². The molecule has 3 unspecified atom stereocenters. The first kappa shape index (κ1) is 17.2. The maximum Gasteiger partial charge on any atom is 0.0406 e. The topological polar surface area (TPSA) is 16.1 Å². The third-order valence-corrected chi connectivity index (χ3v) is 6.82. The summed E-state index contributed by atoms with van der Waals surface area (Å²) in [6.45, 7) is 2.30. The minimum absolute atomic E-state index is 0.697. The molecule has 0 N–H and O–H groups in total. The molecule has 3 heterocycles. The summed E-state index contributed by atoms with van der Waals surface area (Å²) in [5.74, 6) is 1.60. The highest BCUT2D eigenvalue weighted by molar-refractivity contribution is 6.30. The summed E-state index contributed by atoms with van der Waals surface area (Å²) in [7, 11) is 0. The monoisotopic (exact) mass is 376 g/mol. The Morgan fingerprint density at radius 3 is 2.78 bits per heavy atom. The normalized spacial score (nSPS) is 25.1. The summed E-state index contributed by atoms with van der Waals surface area (Å²) >= 11 is 6.06. The average molecular weight is 377 g/mol. The van der Waals surface area contributed by atoms with E-state index in [2.05, 4.69) is 46.3 Å². The van der Waals surface area contributed by atoms with Crippen molar-refractivity contribution in [2.45, 2.75) is 38.3 Å². The van der Waals surface area contributed by atoms with Crippen molar-refractivity contribution in [2.24, 2.45) is 11.8 Å². The SMILES string of the molecule is Clc1ccc(CN2CC3CCC2C(Cc2cccc4cnccc24)C3)cc1. The lowest BCUT2D eigenvalue weighted by atomic mass is 9.70. The molecule has 2 aromatic carbocycles. The molecular formula is C24H25ClN2. The molecule has 2 saturated heterocycles. The highest BCUT2D eigenvalue weighted by Crippen LogP contribution is 2.41. The largest absolute Gasteiger partial charge is 0.296 e. The number of benzene rings is 2. The highest BCUT2D eigenvalue weighted by Gasteiger charge is 2.40. The molecule has 138 valence electrons. The van der Waals surface area contributed by atoms with Gasteiger partial charge in [0.15, 0.2) is 0 Å². The Balaban J connectivity index is 1.37. The van der Waals surface area contributed by atoms with Gasteiger partial charge in [-0.25, -0.2) is 0 Å². The zero-order valence-corrected chi connectivity index (χ0v) is 16.3. The van der Waals surface area contributed by atoms with Crippen molar-refractivity contribution in [1.82, 2.24) is 9.88 Å². The van der Waals surface area contributed by atoms with Gasteiger partial charge in [-0.1, -0.05) is 41.9 Å². The molecule has 2 aliphatic heterocycles. The average Bonchev–Trinajstić information content (AvgIpc) is 2.71. The van der Waals surface area contributed by atoms with E-state index in [9.17, 15) is 0 Å². The number of halogens is 1. The second-order valence-electron chi connectivity index (χ2n) is 8.28. The predicted molar refractivity (Wildman–Crippen MR) is 112 cm³/mol. The molecule has 2 nitrogen and oxygen atoms in total. The van der Waals surface area contributed by atoms with Gasteiger partial charge in [-0.15, -0.1) is 0 Å². The fraction of sp³-hybridized carbons (Fsp3) is 0.375. The Bertz CT molecular complexity index is 931. The quantitative estimate of drug-likeness (QED) is 0.577. The van der Waals surface area contributed by atoms with Gasteiger partial charge in [0.1, 0.15) is 0 Å². The van der Waals surface area contributed by atoms with Gasteiger partial charge in [-0.05, 0) is 72.2 Å². The van der Waals surface area contributed by atoms with Crippen LogP contribution in [0.2, 0.25) is 5.02 Å². The fourth-order valence-corrected chi connectivity index (χ4v) is 5.46. The highest BCUT2D eigenvalue weighted by atomic mass is 35.5. The lowest BCUT2D eigenvalue weighted by molar-refractivity contribution is -0.00421. The minimum atomic E-state index is 0.697. The van der Waals surface area contributed by atoms with E-state index in [1.807, 2.05) is 24.5 Å². The van der Waals surface area contributed by atoms with Crippen LogP contribution in [0.15, 0.2) is 60.9 Å². The molecule has 3 atom stereocenters. The molecule has 2 bridgehead atoms. The van der Waals surface area contributed by atoms with E-state index in [4.69, 9.17) is 11.6 Å². The lowest BCUT2D eigenvalue weighted by Gasteiger charge is -2.50. The van der Waals surface area contributed by atoms with Gasteiger partial charge in [-0.2, -0.15) is 0 Å². The number of nitrogens with zero attached hydrogens (tertiary/aromatic N) is 2. The molecule has 1 aromatic heterocycles. The molecule has 6 rings (SSSR count). The maximum atomic E-state index is 6.06. The van der Waals surface area contributed by atoms with Crippen LogP contribution in [0.4, 0.5) is 0 Å². The van der Waals surface area contributed by atoms with E-state index in [1.165, 1.54) is 54.1 Å². The van der Waals surface area contributed by atoms with Crippen LogP contribution in [-0.4, -0.2) is 22.5 Å². The Kier molecular flexibility index (Phi) is 4.63. The minimum Gasteiger partial charge on any atom is -0.296 e. The van der Waals surface area contributed by atoms with E-state index in [0.717, 1.165) is 23.4 Å². The van der Waals surface area contributed by atoms with Crippen LogP contribution < -0.4 is 0 Å². The van der Waals surface area contributed by atoms with E-state index in [0.29, 0.717) is 6.04 Å². The van der Waals surface area contributed by atoms with Crippen molar-refractivity contribution in [1.29, 1.82) is 0 Å². The first-order valence-corrected chi connectivity index (χ1v) is 10.4. The summed E-state index contributed by atoms with van der Waals surface area (Å²) in [5, 5.41) is 3.45. The maximum absolute atomic E-state index is 6.06. The van der Waals surface area contributed by atoms with Gasteiger partial charge in [0.25, 0.3) is 0 Å². The molecule has 0 radical (unpaired) electrons. The fourth-order valence-electron chi connectivity index (χ4n) is 5.33. The third kappa shape index (κ3) is 3.49. The van der Waals surface area contributed by atoms with E-state index < -0.39 is 0 Å². The van der Waals surface area contributed by atoms with Crippen LogP contribution in [0, 0.1) is 11.8 Å². The lowest BCUT2D eigenvalue weighted by Crippen LogP contribution is -2.53. The van der Waals surface area contributed by atoms with Crippen LogP contribution in [-0.2, 0) is 13.0 Å². The molecule has 1 aliphatic carbocycles. The molecule has 3 fully saturated rings. The first-order valence-electron chi connectivity index (χ1n) is 10.1. The number of aromatic nitrogens is 1. The molecule has 1 saturated carbocycles. The van der Waals surface area contributed by atoms with Crippen molar-refractivity contribution < 1.29 is 0 Å². The predicted octanol–water partition coefficient (Wildman–Crippen LogP) is 5.73. The van der Waals surface area contributed by atoms with Crippen LogP contribution in [0.5, 0.6) is 0 Å². The van der Waals surface area contributed by atoms with Gasteiger partial charge < -0.3 is 0 Å². The van der Waals surface area contributed by atoms with Crippen molar-refractivity contribution in [2.75, 3.05) is 6.54 Å². The summed E-state index contributed by atoms with van der Waals surface area (Å²) in [5.41, 5.74) is 2.86. The second-order valence-corrected chi connectivity index (χ2v) is 8.72. The number of hydrogen-bond acceptors (Lipinski definition) is 2. The van der Waals surface area contributed by atoms with Gasteiger partial charge in [0.2, 0.25) is 0 Å². The number of fused-ring (bicyclic) bond motifs is 4. The zero-order valence-electron chi connectivity index (χ0n) is 15.5. The number of rotatable bonds is 4. The number of piperidine rings is 2. The van der Waals surface area contributed by atoms with Gasteiger partial charge in [0, 0.05) is 41.9 Å². The van der Waals surface area contributed by atoms with Gasteiger partial charge >= 0.3 is 0 Å². The number of pyridine rings is 1. The molecule has 3 aliphatic rings. The van der Waals surface area contributed by atoms with Crippen molar-refractivity contribution in [3.8, 4) is 0 Å². The summed E-state index contributed by atoms with van der Waals surface area (Å²) in [4.78, 5) is 7.02.